The van der Waals surface area contributed by atoms with Crippen LogP contribution in [0, 0.1) is 18.6 Å². The smallest absolute Gasteiger partial charge is 0.258 e. The van der Waals surface area contributed by atoms with Gasteiger partial charge in [-0.25, -0.2) is 18.7 Å². The maximum atomic E-state index is 14.8. The maximum Gasteiger partial charge on any atom is 0.258 e. The lowest BCUT2D eigenvalue weighted by Gasteiger charge is -2.33. The number of rotatable bonds is 4. The number of fused-ring (bicyclic) bond motifs is 1. The lowest BCUT2D eigenvalue weighted by atomic mass is 10.0. The molecule has 178 valence electrons. The van der Waals surface area contributed by atoms with Gasteiger partial charge in [0.2, 0.25) is 0 Å². The molecule has 2 aromatic heterocycles. The van der Waals surface area contributed by atoms with Crippen LogP contribution in [0.4, 0.5) is 14.6 Å². The molecule has 1 amide bonds. The Morgan fingerprint density at radius 3 is 2.82 bits per heavy atom. The molecule has 1 aliphatic heterocycles. The number of nitrogens with one attached hydrogen (secondary N) is 2. The van der Waals surface area contributed by atoms with Gasteiger partial charge >= 0.3 is 0 Å². The van der Waals surface area contributed by atoms with Crippen molar-refractivity contribution in [1.29, 1.82) is 0 Å². The normalized spacial score (nSPS) is 16.9. The fourth-order valence-corrected chi connectivity index (χ4v) is 4.20. The molecule has 0 saturated carbocycles. The third-order valence-electron chi connectivity index (χ3n) is 5.44. The Kier molecular flexibility index (Phi) is 6.26. The molecule has 3 aromatic rings. The van der Waals surface area contributed by atoms with E-state index in [9.17, 15) is 18.4 Å². The molecule has 4 rings (SSSR count). The summed E-state index contributed by atoms with van der Waals surface area (Å²) in [4.78, 5) is 37.1. The first kappa shape index (κ1) is 23.6. The van der Waals surface area contributed by atoms with Gasteiger partial charge in [0.15, 0.2) is 17.5 Å². The number of H-pyrrole nitrogens is 1. The van der Waals surface area contributed by atoms with Crippen LogP contribution in [-0.2, 0) is 4.74 Å². The molecule has 0 bridgehead atoms. The number of carbonyl (C=O) groups is 1. The number of aryl methyl sites for hydroxylation is 1. The molecular weight excluding hydrogens is 468 g/mol. The molecule has 34 heavy (non-hydrogen) atoms. The molecular formula is C23H22ClF2N5O3. The number of anilines is 1. The van der Waals surface area contributed by atoms with Crippen LogP contribution in [0.25, 0.3) is 10.9 Å². The minimum Gasteiger partial charge on any atom is -0.492 e. The van der Waals surface area contributed by atoms with Crippen molar-refractivity contribution in [3.05, 3.63) is 74.6 Å². The van der Waals surface area contributed by atoms with Crippen molar-refractivity contribution in [1.82, 2.24) is 19.9 Å². The van der Waals surface area contributed by atoms with Crippen LogP contribution in [0.15, 0.2) is 35.5 Å². The zero-order chi connectivity index (χ0) is 24.7. The Bertz CT molecular complexity index is 1380. The topological polar surface area (TPSA) is 100 Å². The Labute approximate surface area is 198 Å². The number of amides is 1. The molecule has 11 heteroatoms. The molecule has 0 aliphatic carbocycles. The minimum atomic E-state index is -0.840. The summed E-state index contributed by atoms with van der Waals surface area (Å²) in [5.41, 5.74) is -0.362. The van der Waals surface area contributed by atoms with Crippen LogP contribution < -0.4 is 10.9 Å². The van der Waals surface area contributed by atoms with Gasteiger partial charge in [-0.1, -0.05) is 18.2 Å². The molecule has 1 saturated heterocycles. The molecule has 0 spiro atoms. The van der Waals surface area contributed by atoms with Crippen molar-refractivity contribution < 1.29 is 18.3 Å². The van der Waals surface area contributed by atoms with Gasteiger partial charge in [-0.2, -0.15) is 0 Å². The summed E-state index contributed by atoms with van der Waals surface area (Å²) in [6, 6.07) is 1.76. The number of ether oxygens (including phenoxy) is 1. The Morgan fingerprint density at radius 1 is 1.41 bits per heavy atom. The van der Waals surface area contributed by atoms with Crippen molar-refractivity contribution >= 4 is 34.2 Å². The Morgan fingerprint density at radius 2 is 2.15 bits per heavy atom. The zero-order valence-corrected chi connectivity index (χ0v) is 19.5. The van der Waals surface area contributed by atoms with E-state index in [2.05, 4.69) is 26.8 Å². The van der Waals surface area contributed by atoms with Gasteiger partial charge in [0.05, 0.1) is 35.1 Å². The number of pyridine rings is 1. The van der Waals surface area contributed by atoms with Crippen molar-refractivity contribution in [2.45, 2.75) is 32.9 Å². The second-order valence-electron chi connectivity index (χ2n) is 8.21. The first-order chi connectivity index (χ1) is 16.0. The average molecular weight is 490 g/mol. The Hall–Kier alpha value is -3.53. The zero-order valence-electron chi connectivity index (χ0n) is 18.7. The van der Waals surface area contributed by atoms with Crippen molar-refractivity contribution in [3.8, 4) is 0 Å². The van der Waals surface area contributed by atoms with E-state index in [1.807, 2.05) is 6.92 Å². The van der Waals surface area contributed by atoms with Crippen LogP contribution >= 0.6 is 11.6 Å². The standard InChI is InChI=1S/C23H22ClF2N5O3/c1-10-8-31(9-11(2)34-10)23(33)14-5-17(25)21(27-7-14)28-12(3)15-6-16-20(19(26)18(15)24)29-13(4)30-22(16)32/h5-7,11-12H,1,8-9H2,2-4H3,(H,27,28)(H,29,30,32)/t11-,12-/m0/s1. The van der Waals surface area contributed by atoms with Crippen molar-refractivity contribution in [2.75, 3.05) is 18.4 Å². The summed E-state index contributed by atoms with van der Waals surface area (Å²) < 4.78 is 35.1. The van der Waals surface area contributed by atoms with E-state index in [4.69, 9.17) is 16.3 Å². The van der Waals surface area contributed by atoms with Gasteiger partial charge in [0, 0.05) is 6.20 Å². The average Bonchev–Trinajstić information content (AvgIpc) is 2.76. The Balaban J connectivity index is 1.59. The lowest BCUT2D eigenvalue weighted by molar-refractivity contribution is 0.0280. The summed E-state index contributed by atoms with van der Waals surface area (Å²) in [5.74, 6) is -1.46. The number of nitrogens with zero attached hydrogens (tertiary/aromatic N) is 3. The van der Waals surface area contributed by atoms with Crippen LogP contribution in [-0.4, -0.2) is 45.0 Å². The summed E-state index contributed by atoms with van der Waals surface area (Å²) >= 11 is 6.21. The molecule has 2 atom stereocenters. The number of halogens is 3. The third-order valence-corrected chi connectivity index (χ3v) is 5.82. The lowest BCUT2D eigenvalue weighted by Crippen LogP contribution is -2.43. The van der Waals surface area contributed by atoms with E-state index in [0.29, 0.717) is 12.3 Å². The van der Waals surface area contributed by atoms with Crippen LogP contribution in [0.2, 0.25) is 5.02 Å². The number of benzene rings is 1. The van der Waals surface area contributed by atoms with E-state index < -0.39 is 29.1 Å². The number of aromatic amines is 1. The van der Waals surface area contributed by atoms with Gasteiger partial charge in [-0.15, -0.1) is 0 Å². The maximum absolute atomic E-state index is 14.8. The molecule has 8 nitrogen and oxygen atoms in total. The number of aromatic nitrogens is 3. The van der Waals surface area contributed by atoms with Gasteiger partial charge in [0.25, 0.3) is 11.5 Å². The molecule has 3 heterocycles. The molecule has 0 unspecified atom stereocenters. The fourth-order valence-electron chi connectivity index (χ4n) is 3.89. The third kappa shape index (κ3) is 4.45. The van der Waals surface area contributed by atoms with Gasteiger partial charge in [0.1, 0.15) is 23.2 Å². The largest absolute Gasteiger partial charge is 0.492 e. The van der Waals surface area contributed by atoms with E-state index in [0.717, 1.165) is 6.07 Å². The fraction of sp³-hybridized carbons (Fsp3) is 0.304. The van der Waals surface area contributed by atoms with E-state index in [1.165, 1.54) is 24.1 Å². The van der Waals surface area contributed by atoms with E-state index in [1.54, 1.807) is 6.92 Å². The van der Waals surface area contributed by atoms with Crippen LogP contribution in [0.1, 0.15) is 41.6 Å². The van der Waals surface area contributed by atoms with Gasteiger partial charge in [-0.3, -0.25) is 9.59 Å². The number of carbonyl (C=O) groups excluding carboxylic acids is 1. The predicted molar refractivity (Wildman–Crippen MR) is 124 cm³/mol. The first-order valence-electron chi connectivity index (χ1n) is 10.5. The van der Waals surface area contributed by atoms with Crippen molar-refractivity contribution in [3.63, 3.8) is 0 Å². The molecule has 1 fully saturated rings. The monoisotopic (exact) mass is 489 g/mol. The van der Waals surface area contributed by atoms with E-state index >= 15 is 0 Å². The first-order valence-corrected chi connectivity index (χ1v) is 10.9. The summed E-state index contributed by atoms with van der Waals surface area (Å²) in [6.45, 7) is 9.26. The summed E-state index contributed by atoms with van der Waals surface area (Å²) in [7, 11) is 0. The molecule has 2 N–H and O–H groups in total. The second-order valence-corrected chi connectivity index (χ2v) is 8.59. The van der Waals surface area contributed by atoms with Gasteiger partial charge < -0.3 is 19.9 Å². The summed E-state index contributed by atoms with van der Waals surface area (Å²) in [5, 5.41) is 2.60. The minimum absolute atomic E-state index is 0.0202. The SMILES string of the molecule is C=C1CN(C(=O)c2cnc(N[C@@H](C)c3cc4c(=O)[nH]c(C)nc4c(F)c3Cl)c(F)c2)C[C@H](C)O1. The van der Waals surface area contributed by atoms with E-state index in [-0.39, 0.29) is 51.3 Å². The highest BCUT2D eigenvalue weighted by Gasteiger charge is 2.26. The molecule has 0 radical (unpaired) electrons. The quantitative estimate of drug-likeness (QED) is 0.572. The van der Waals surface area contributed by atoms with Gasteiger partial charge in [-0.05, 0) is 38.5 Å². The highest BCUT2D eigenvalue weighted by molar-refractivity contribution is 6.32. The van der Waals surface area contributed by atoms with Crippen molar-refractivity contribution in [2.24, 2.45) is 0 Å². The highest BCUT2D eigenvalue weighted by atomic mass is 35.5. The van der Waals surface area contributed by atoms with Crippen LogP contribution in [0.5, 0.6) is 0 Å². The molecule has 1 aromatic carbocycles. The highest BCUT2D eigenvalue weighted by Crippen LogP contribution is 2.32. The second kappa shape index (κ2) is 9.02. The molecule has 1 aliphatic rings. The number of hydrogen-bond acceptors (Lipinski definition) is 6. The number of hydrogen-bond donors (Lipinski definition) is 2. The van der Waals surface area contributed by atoms with Crippen LogP contribution in [0.3, 0.4) is 0 Å². The predicted octanol–water partition coefficient (Wildman–Crippen LogP) is 4.11. The number of morpholine rings is 1. The summed E-state index contributed by atoms with van der Waals surface area (Å²) in [6.07, 6.45) is 1.03.